The van der Waals surface area contributed by atoms with Crippen LogP contribution in [0, 0.1) is 5.41 Å². The quantitative estimate of drug-likeness (QED) is 0.344. The van der Waals surface area contributed by atoms with Crippen LogP contribution in [0.15, 0.2) is 4.99 Å². The van der Waals surface area contributed by atoms with E-state index >= 15 is 0 Å². The van der Waals surface area contributed by atoms with Crippen LogP contribution in [-0.4, -0.2) is 18.3 Å². The van der Waals surface area contributed by atoms with Gasteiger partial charge in [-0.3, -0.25) is 10.4 Å². The largest absolute Gasteiger partial charge is 0.370 e. The van der Waals surface area contributed by atoms with Crippen LogP contribution in [0.25, 0.3) is 0 Å². The minimum absolute atomic E-state index is 0.373. The SMILES string of the molecule is CCCCCCCN=C(N)NC(=N)CC. The first-order valence-electron chi connectivity index (χ1n) is 5.85. The second-order valence-corrected chi connectivity index (χ2v) is 3.64. The molecule has 4 N–H and O–H groups in total. The van der Waals surface area contributed by atoms with E-state index < -0.39 is 0 Å². The second-order valence-electron chi connectivity index (χ2n) is 3.64. The Kier molecular flexibility index (Phi) is 8.82. The molecule has 0 radical (unpaired) electrons. The van der Waals surface area contributed by atoms with Crippen LogP contribution in [0.1, 0.15) is 52.4 Å². The lowest BCUT2D eigenvalue weighted by molar-refractivity contribution is 0.638. The lowest BCUT2D eigenvalue weighted by Crippen LogP contribution is -2.36. The van der Waals surface area contributed by atoms with Crippen molar-refractivity contribution in [2.24, 2.45) is 10.7 Å². The Morgan fingerprint density at radius 1 is 1.20 bits per heavy atom. The molecule has 0 rings (SSSR count). The molecule has 15 heavy (non-hydrogen) atoms. The molecule has 0 saturated heterocycles. The number of hydrogen-bond donors (Lipinski definition) is 3. The van der Waals surface area contributed by atoms with Gasteiger partial charge in [0.25, 0.3) is 0 Å². The number of aliphatic imine (C=N–C) groups is 1. The molecule has 0 aromatic heterocycles. The number of nitrogens with two attached hydrogens (primary N) is 1. The summed E-state index contributed by atoms with van der Waals surface area (Å²) in [4.78, 5) is 4.15. The maximum atomic E-state index is 7.37. The van der Waals surface area contributed by atoms with Crippen molar-refractivity contribution in [1.82, 2.24) is 5.32 Å². The van der Waals surface area contributed by atoms with Crippen LogP contribution in [0.5, 0.6) is 0 Å². The van der Waals surface area contributed by atoms with Gasteiger partial charge in [0, 0.05) is 13.0 Å². The average Bonchev–Trinajstić information content (AvgIpc) is 2.23. The van der Waals surface area contributed by atoms with E-state index in [0.717, 1.165) is 13.0 Å². The number of guanidine groups is 1. The minimum atomic E-state index is 0.373. The second kappa shape index (κ2) is 9.49. The molecule has 4 heteroatoms. The van der Waals surface area contributed by atoms with Crippen molar-refractivity contribution in [3.05, 3.63) is 0 Å². The summed E-state index contributed by atoms with van der Waals surface area (Å²) in [5, 5.41) is 10.1. The zero-order valence-corrected chi connectivity index (χ0v) is 9.97. The van der Waals surface area contributed by atoms with Crippen molar-refractivity contribution >= 4 is 11.8 Å². The number of hydrogen-bond acceptors (Lipinski definition) is 2. The van der Waals surface area contributed by atoms with Crippen LogP contribution in [-0.2, 0) is 0 Å². The molecule has 0 fully saturated rings. The molecule has 0 saturated carbocycles. The Morgan fingerprint density at radius 2 is 1.87 bits per heavy atom. The molecule has 0 aromatic carbocycles. The molecule has 0 aromatic rings. The summed E-state index contributed by atoms with van der Waals surface area (Å²) < 4.78 is 0. The number of amidine groups is 1. The molecule has 0 heterocycles. The highest BCUT2D eigenvalue weighted by molar-refractivity contribution is 5.97. The molecule has 0 aliphatic heterocycles. The smallest absolute Gasteiger partial charge is 0.194 e. The average molecular weight is 212 g/mol. The molecule has 0 spiro atoms. The molecule has 0 aliphatic carbocycles. The monoisotopic (exact) mass is 212 g/mol. The van der Waals surface area contributed by atoms with Gasteiger partial charge in [-0.15, -0.1) is 0 Å². The number of nitrogens with one attached hydrogen (secondary N) is 2. The summed E-state index contributed by atoms with van der Waals surface area (Å²) in [6.45, 7) is 4.88. The van der Waals surface area contributed by atoms with Gasteiger partial charge >= 0.3 is 0 Å². The van der Waals surface area contributed by atoms with Gasteiger partial charge in [0.05, 0.1) is 5.84 Å². The molecule has 0 bridgehead atoms. The normalized spacial score (nSPS) is 11.5. The third-order valence-corrected chi connectivity index (χ3v) is 2.18. The van der Waals surface area contributed by atoms with Crippen LogP contribution in [0.3, 0.4) is 0 Å². The maximum absolute atomic E-state index is 7.37. The summed E-state index contributed by atoms with van der Waals surface area (Å²) in [5.74, 6) is 0.791. The highest BCUT2D eigenvalue weighted by Gasteiger charge is 1.94. The van der Waals surface area contributed by atoms with Gasteiger partial charge in [0.15, 0.2) is 5.96 Å². The van der Waals surface area contributed by atoms with E-state index in [0.29, 0.717) is 18.2 Å². The van der Waals surface area contributed by atoms with Gasteiger partial charge < -0.3 is 11.1 Å². The van der Waals surface area contributed by atoms with E-state index in [2.05, 4.69) is 17.2 Å². The molecule has 0 amide bonds. The molecule has 0 aliphatic rings. The van der Waals surface area contributed by atoms with Crippen molar-refractivity contribution in [1.29, 1.82) is 5.41 Å². The summed E-state index contributed by atoms with van der Waals surface area (Å²) in [6.07, 6.45) is 6.81. The van der Waals surface area contributed by atoms with Gasteiger partial charge in [0.1, 0.15) is 0 Å². The van der Waals surface area contributed by atoms with E-state index in [9.17, 15) is 0 Å². The first kappa shape index (κ1) is 13.9. The van der Waals surface area contributed by atoms with Crippen LogP contribution in [0.4, 0.5) is 0 Å². The van der Waals surface area contributed by atoms with E-state index in [1.54, 1.807) is 0 Å². The first-order chi connectivity index (χ1) is 7.20. The Labute approximate surface area is 92.9 Å². The molecular formula is C11H24N4. The third kappa shape index (κ3) is 9.25. The molecular weight excluding hydrogens is 188 g/mol. The topological polar surface area (TPSA) is 74.3 Å². The van der Waals surface area contributed by atoms with Crippen LogP contribution < -0.4 is 11.1 Å². The summed E-state index contributed by atoms with van der Waals surface area (Å²) >= 11 is 0. The molecule has 4 nitrogen and oxygen atoms in total. The fourth-order valence-electron chi connectivity index (χ4n) is 1.20. The van der Waals surface area contributed by atoms with Crippen molar-refractivity contribution in [2.45, 2.75) is 52.4 Å². The molecule has 0 atom stereocenters. The zero-order valence-electron chi connectivity index (χ0n) is 9.97. The van der Waals surface area contributed by atoms with Gasteiger partial charge in [-0.2, -0.15) is 0 Å². The third-order valence-electron chi connectivity index (χ3n) is 2.18. The number of rotatable bonds is 7. The predicted molar refractivity (Wildman–Crippen MR) is 66.4 cm³/mol. The minimum Gasteiger partial charge on any atom is -0.370 e. The zero-order chi connectivity index (χ0) is 11.5. The Morgan fingerprint density at radius 3 is 2.47 bits per heavy atom. The van der Waals surface area contributed by atoms with Gasteiger partial charge in [-0.1, -0.05) is 39.5 Å². The lowest BCUT2D eigenvalue weighted by atomic mass is 10.2. The summed E-state index contributed by atoms with van der Waals surface area (Å²) in [7, 11) is 0. The summed E-state index contributed by atoms with van der Waals surface area (Å²) in [6, 6.07) is 0. The Balaban J connectivity index is 3.45. The lowest BCUT2D eigenvalue weighted by Gasteiger charge is -2.04. The van der Waals surface area contributed by atoms with Crippen LogP contribution >= 0.6 is 0 Å². The van der Waals surface area contributed by atoms with Crippen molar-refractivity contribution < 1.29 is 0 Å². The Bertz CT molecular complexity index is 199. The van der Waals surface area contributed by atoms with Gasteiger partial charge in [-0.25, -0.2) is 0 Å². The number of unbranched alkanes of at least 4 members (excludes halogenated alkanes) is 4. The maximum Gasteiger partial charge on any atom is 0.194 e. The van der Waals surface area contributed by atoms with Crippen molar-refractivity contribution in [2.75, 3.05) is 6.54 Å². The Hall–Kier alpha value is -1.06. The highest BCUT2D eigenvalue weighted by Crippen LogP contribution is 2.01. The highest BCUT2D eigenvalue weighted by atomic mass is 15.1. The first-order valence-corrected chi connectivity index (χ1v) is 5.85. The van der Waals surface area contributed by atoms with Crippen molar-refractivity contribution in [3.8, 4) is 0 Å². The summed E-state index contributed by atoms with van der Waals surface area (Å²) in [5.41, 5.74) is 5.59. The fourth-order valence-corrected chi connectivity index (χ4v) is 1.20. The van der Waals surface area contributed by atoms with E-state index in [4.69, 9.17) is 11.1 Å². The fraction of sp³-hybridized carbons (Fsp3) is 0.818. The predicted octanol–water partition coefficient (Wildman–Crippen LogP) is 2.25. The number of nitrogens with zero attached hydrogens (tertiary/aromatic N) is 1. The molecule has 88 valence electrons. The van der Waals surface area contributed by atoms with E-state index in [1.165, 1.54) is 25.7 Å². The van der Waals surface area contributed by atoms with Crippen molar-refractivity contribution in [3.63, 3.8) is 0 Å². The standard InChI is InChI=1S/C11H24N4/c1-3-5-6-7-8-9-14-11(13)15-10(12)4-2/h3-9H2,1-2H3,(H4,12,13,14,15). The van der Waals surface area contributed by atoms with E-state index in [-0.39, 0.29) is 0 Å². The van der Waals surface area contributed by atoms with Crippen LogP contribution in [0.2, 0.25) is 0 Å². The van der Waals surface area contributed by atoms with E-state index in [1.807, 2.05) is 6.92 Å². The molecule has 0 unspecified atom stereocenters. The van der Waals surface area contributed by atoms with Gasteiger partial charge in [-0.05, 0) is 6.42 Å². The van der Waals surface area contributed by atoms with Gasteiger partial charge in [0.2, 0.25) is 0 Å².